The number of aromatic nitrogens is 1. The molecule has 0 radical (unpaired) electrons. The third-order valence-corrected chi connectivity index (χ3v) is 3.01. The Balaban J connectivity index is 0.00000200. The Morgan fingerprint density at radius 2 is 2.20 bits per heavy atom. The molecule has 1 atom stereocenters. The van der Waals surface area contributed by atoms with E-state index in [0.29, 0.717) is 6.61 Å². The number of hydrogen-bond donors (Lipinski definition) is 2. The van der Waals surface area contributed by atoms with Gasteiger partial charge in [-0.25, -0.2) is 0 Å². The molecule has 0 unspecified atom stereocenters. The largest absolute Gasteiger partial charge is 0.497 e. The van der Waals surface area contributed by atoms with Crippen LogP contribution < -0.4 is 10.5 Å². The number of carbonyl (C=O) groups is 1. The van der Waals surface area contributed by atoms with Crippen molar-refractivity contribution in [1.29, 1.82) is 0 Å². The number of ether oxygens (including phenoxy) is 2. The van der Waals surface area contributed by atoms with E-state index < -0.39 is 0 Å². The predicted octanol–water partition coefficient (Wildman–Crippen LogP) is 2.55. The standard InChI is InChI=1S/C14H18N2O3.ClH/c1-3-19-14(17)7-12(15)11-8-16-13-5-4-9(18-2)6-10(11)13;/h4-6,8,12,16H,3,7,15H2,1-2H3;1H/t12-;/m0./s1. The smallest absolute Gasteiger partial charge is 0.307 e. The molecule has 20 heavy (non-hydrogen) atoms. The normalized spacial score (nSPS) is 11.8. The van der Waals surface area contributed by atoms with Crippen LogP contribution in [0.1, 0.15) is 24.9 Å². The zero-order valence-corrected chi connectivity index (χ0v) is 12.3. The van der Waals surface area contributed by atoms with Crippen molar-refractivity contribution in [3.63, 3.8) is 0 Å². The van der Waals surface area contributed by atoms with Gasteiger partial charge in [0.05, 0.1) is 20.1 Å². The van der Waals surface area contributed by atoms with Crippen molar-refractivity contribution in [2.75, 3.05) is 13.7 Å². The highest BCUT2D eigenvalue weighted by Crippen LogP contribution is 2.28. The molecule has 0 aliphatic heterocycles. The molecule has 0 aliphatic carbocycles. The van der Waals surface area contributed by atoms with E-state index in [1.54, 1.807) is 14.0 Å². The number of hydrogen-bond acceptors (Lipinski definition) is 4. The van der Waals surface area contributed by atoms with Crippen LogP contribution in [0.15, 0.2) is 24.4 Å². The molecule has 5 nitrogen and oxygen atoms in total. The number of halogens is 1. The van der Waals surface area contributed by atoms with Crippen LogP contribution in [-0.2, 0) is 9.53 Å². The Labute approximate surface area is 123 Å². The molecule has 6 heteroatoms. The van der Waals surface area contributed by atoms with Gasteiger partial charge in [-0.2, -0.15) is 0 Å². The molecule has 110 valence electrons. The van der Waals surface area contributed by atoms with Gasteiger partial charge in [0.1, 0.15) is 5.75 Å². The zero-order valence-electron chi connectivity index (χ0n) is 11.5. The molecule has 2 rings (SSSR count). The topological polar surface area (TPSA) is 77.3 Å². The minimum Gasteiger partial charge on any atom is -0.497 e. The van der Waals surface area contributed by atoms with Crippen LogP contribution in [0.5, 0.6) is 5.75 Å². The Morgan fingerprint density at radius 1 is 1.45 bits per heavy atom. The van der Waals surface area contributed by atoms with Crippen molar-refractivity contribution in [3.05, 3.63) is 30.0 Å². The first-order valence-electron chi connectivity index (χ1n) is 6.22. The van der Waals surface area contributed by atoms with E-state index >= 15 is 0 Å². The Morgan fingerprint density at radius 3 is 2.85 bits per heavy atom. The average Bonchev–Trinajstić information content (AvgIpc) is 2.81. The number of esters is 1. The molecular formula is C14H19ClN2O3. The Bertz CT molecular complexity index is 583. The maximum Gasteiger partial charge on any atom is 0.307 e. The summed E-state index contributed by atoms with van der Waals surface area (Å²) in [7, 11) is 1.62. The summed E-state index contributed by atoms with van der Waals surface area (Å²) in [6, 6.07) is 5.32. The fraction of sp³-hybridized carbons (Fsp3) is 0.357. The van der Waals surface area contributed by atoms with Gasteiger partial charge in [-0.15, -0.1) is 12.4 Å². The third kappa shape index (κ3) is 3.43. The highest BCUT2D eigenvalue weighted by atomic mass is 35.5. The summed E-state index contributed by atoms with van der Waals surface area (Å²) >= 11 is 0. The average molecular weight is 299 g/mol. The van der Waals surface area contributed by atoms with Crippen molar-refractivity contribution in [3.8, 4) is 5.75 Å². The van der Waals surface area contributed by atoms with Crippen LogP contribution in [-0.4, -0.2) is 24.7 Å². The maximum absolute atomic E-state index is 11.5. The van der Waals surface area contributed by atoms with Gasteiger partial charge < -0.3 is 20.2 Å². The first-order valence-corrected chi connectivity index (χ1v) is 6.22. The van der Waals surface area contributed by atoms with E-state index in [0.717, 1.165) is 22.2 Å². The minimum atomic E-state index is -0.389. The van der Waals surface area contributed by atoms with Gasteiger partial charge in [0.15, 0.2) is 0 Å². The van der Waals surface area contributed by atoms with Crippen molar-refractivity contribution in [1.82, 2.24) is 4.98 Å². The lowest BCUT2D eigenvalue weighted by Crippen LogP contribution is -2.16. The Kier molecular flexibility index (Phi) is 5.85. The van der Waals surface area contributed by atoms with E-state index in [2.05, 4.69) is 4.98 Å². The number of nitrogens with one attached hydrogen (secondary N) is 1. The highest BCUT2D eigenvalue weighted by molar-refractivity contribution is 5.86. The molecule has 0 saturated heterocycles. The molecular weight excluding hydrogens is 280 g/mol. The van der Waals surface area contributed by atoms with Crippen LogP contribution in [0.4, 0.5) is 0 Å². The first kappa shape index (κ1) is 16.3. The van der Waals surface area contributed by atoms with E-state index in [4.69, 9.17) is 15.2 Å². The fourth-order valence-corrected chi connectivity index (χ4v) is 2.06. The molecule has 0 amide bonds. The first-order chi connectivity index (χ1) is 9.15. The van der Waals surface area contributed by atoms with Crippen molar-refractivity contribution in [2.45, 2.75) is 19.4 Å². The second-order valence-corrected chi connectivity index (χ2v) is 4.27. The number of fused-ring (bicyclic) bond motifs is 1. The Hall–Kier alpha value is -1.72. The van der Waals surface area contributed by atoms with Crippen molar-refractivity contribution < 1.29 is 14.3 Å². The highest BCUT2D eigenvalue weighted by Gasteiger charge is 2.16. The van der Waals surface area contributed by atoms with Crippen LogP contribution in [0.3, 0.4) is 0 Å². The molecule has 0 saturated carbocycles. The quantitative estimate of drug-likeness (QED) is 0.832. The monoisotopic (exact) mass is 298 g/mol. The molecule has 2 aromatic rings. The number of methoxy groups -OCH3 is 1. The van der Waals surface area contributed by atoms with Gasteiger partial charge >= 0.3 is 5.97 Å². The van der Waals surface area contributed by atoms with Gasteiger partial charge in [0.2, 0.25) is 0 Å². The molecule has 0 bridgehead atoms. The number of H-pyrrole nitrogens is 1. The van der Waals surface area contributed by atoms with Crippen molar-refractivity contribution in [2.24, 2.45) is 5.73 Å². The van der Waals surface area contributed by atoms with Crippen LogP contribution >= 0.6 is 12.4 Å². The van der Waals surface area contributed by atoms with Gasteiger partial charge in [-0.1, -0.05) is 0 Å². The predicted molar refractivity (Wildman–Crippen MR) is 80.3 cm³/mol. The SMILES string of the molecule is CCOC(=O)C[C@H](N)c1c[nH]c2ccc(OC)cc12.Cl. The molecule has 1 aromatic carbocycles. The summed E-state index contributed by atoms with van der Waals surface area (Å²) in [5.41, 5.74) is 7.92. The van der Waals surface area contributed by atoms with Gasteiger partial charge in [0.25, 0.3) is 0 Å². The number of carbonyl (C=O) groups excluding carboxylic acids is 1. The van der Waals surface area contributed by atoms with Crippen LogP contribution in [0.2, 0.25) is 0 Å². The van der Waals surface area contributed by atoms with E-state index in [1.807, 2.05) is 24.4 Å². The lowest BCUT2D eigenvalue weighted by Gasteiger charge is -2.10. The summed E-state index contributed by atoms with van der Waals surface area (Å²) in [6.07, 6.45) is 1.99. The summed E-state index contributed by atoms with van der Waals surface area (Å²) in [4.78, 5) is 14.6. The second kappa shape index (κ2) is 7.17. The number of aromatic amines is 1. The zero-order chi connectivity index (χ0) is 13.8. The molecule has 0 spiro atoms. The van der Waals surface area contributed by atoms with Crippen LogP contribution in [0.25, 0.3) is 10.9 Å². The number of benzene rings is 1. The molecule has 0 fully saturated rings. The molecule has 3 N–H and O–H groups in total. The minimum absolute atomic E-state index is 0. The molecule has 0 aliphatic rings. The van der Waals surface area contributed by atoms with Crippen molar-refractivity contribution >= 4 is 29.3 Å². The fourth-order valence-electron chi connectivity index (χ4n) is 2.06. The summed E-state index contributed by atoms with van der Waals surface area (Å²) in [6.45, 7) is 2.15. The number of rotatable bonds is 5. The van der Waals surface area contributed by atoms with Gasteiger partial charge in [-0.05, 0) is 30.7 Å². The van der Waals surface area contributed by atoms with Gasteiger partial charge in [0, 0.05) is 23.1 Å². The van der Waals surface area contributed by atoms with E-state index in [9.17, 15) is 4.79 Å². The van der Waals surface area contributed by atoms with E-state index in [1.165, 1.54) is 0 Å². The molecule has 1 aromatic heterocycles. The third-order valence-electron chi connectivity index (χ3n) is 3.01. The van der Waals surface area contributed by atoms with Gasteiger partial charge in [-0.3, -0.25) is 4.79 Å². The lowest BCUT2D eigenvalue weighted by molar-refractivity contribution is -0.143. The number of nitrogens with two attached hydrogens (primary N) is 1. The second-order valence-electron chi connectivity index (χ2n) is 4.27. The van der Waals surface area contributed by atoms with Crippen LogP contribution in [0, 0.1) is 0 Å². The lowest BCUT2D eigenvalue weighted by atomic mass is 10.0. The van der Waals surface area contributed by atoms with E-state index in [-0.39, 0.29) is 30.8 Å². The summed E-state index contributed by atoms with van der Waals surface area (Å²) in [5.74, 6) is 0.476. The maximum atomic E-state index is 11.5. The molecule has 1 heterocycles. The summed E-state index contributed by atoms with van der Waals surface area (Å²) < 4.78 is 10.1. The summed E-state index contributed by atoms with van der Waals surface area (Å²) in [5, 5.41) is 0.969.